The van der Waals surface area contributed by atoms with Crippen LogP contribution in [0.2, 0.25) is 0 Å². The van der Waals surface area contributed by atoms with E-state index in [1.165, 1.54) is 35.7 Å². The van der Waals surface area contributed by atoms with Crippen LogP contribution in [0.15, 0.2) is 65.6 Å². The van der Waals surface area contributed by atoms with E-state index in [0.29, 0.717) is 17.1 Å². The van der Waals surface area contributed by atoms with Gasteiger partial charge in [0.1, 0.15) is 5.75 Å². The molecule has 0 fully saturated rings. The molecule has 2 aromatic rings. The standard InChI is InChI=1S/C19H22N2O4S/c1-4-9-19(22)20-17-14-16(12-13-18(17)25-3)26(23,24)21(5-2)15-10-7-6-8-11-15/h4,6-14H,5H2,1-3H3,(H,20,22). The van der Waals surface area contributed by atoms with Gasteiger partial charge >= 0.3 is 0 Å². The van der Waals surface area contributed by atoms with Gasteiger partial charge in [-0.05, 0) is 50.3 Å². The smallest absolute Gasteiger partial charge is 0.264 e. The van der Waals surface area contributed by atoms with Gasteiger partial charge in [0.05, 0.1) is 23.4 Å². The van der Waals surface area contributed by atoms with Crippen molar-refractivity contribution in [3.8, 4) is 5.75 Å². The van der Waals surface area contributed by atoms with Crippen molar-refractivity contribution in [3.05, 3.63) is 60.7 Å². The number of nitrogens with one attached hydrogen (secondary N) is 1. The summed E-state index contributed by atoms with van der Waals surface area (Å²) in [6.07, 6.45) is 2.94. The van der Waals surface area contributed by atoms with Crippen molar-refractivity contribution in [2.45, 2.75) is 18.7 Å². The SMILES string of the molecule is CC=CC(=O)Nc1cc(S(=O)(=O)N(CC)c2ccccc2)ccc1OC. The molecule has 0 saturated heterocycles. The molecule has 0 aliphatic heterocycles. The number of carbonyl (C=O) groups is 1. The molecule has 0 atom stereocenters. The molecule has 2 rings (SSSR count). The Labute approximate surface area is 154 Å². The van der Waals surface area contributed by atoms with E-state index in [0.717, 1.165) is 0 Å². The van der Waals surface area contributed by atoms with Crippen molar-refractivity contribution in [3.63, 3.8) is 0 Å². The molecular formula is C19H22N2O4S. The first kappa shape index (κ1) is 19.5. The van der Waals surface area contributed by atoms with Gasteiger partial charge < -0.3 is 10.1 Å². The number of methoxy groups -OCH3 is 1. The number of sulfonamides is 1. The molecule has 0 aromatic heterocycles. The van der Waals surface area contributed by atoms with Crippen LogP contribution < -0.4 is 14.4 Å². The van der Waals surface area contributed by atoms with E-state index in [1.54, 1.807) is 44.2 Å². The predicted molar refractivity (Wildman–Crippen MR) is 103 cm³/mol. The number of hydrogen-bond acceptors (Lipinski definition) is 4. The quantitative estimate of drug-likeness (QED) is 0.754. The number of rotatable bonds is 7. The topological polar surface area (TPSA) is 75.7 Å². The number of allylic oxidation sites excluding steroid dienone is 1. The molecule has 2 aromatic carbocycles. The lowest BCUT2D eigenvalue weighted by molar-refractivity contribution is -0.111. The monoisotopic (exact) mass is 374 g/mol. The Morgan fingerprint density at radius 3 is 2.46 bits per heavy atom. The summed E-state index contributed by atoms with van der Waals surface area (Å²) in [6, 6.07) is 13.3. The lowest BCUT2D eigenvalue weighted by Gasteiger charge is -2.23. The first-order valence-electron chi connectivity index (χ1n) is 8.13. The molecule has 0 unspecified atom stereocenters. The normalized spacial score (nSPS) is 11.3. The minimum absolute atomic E-state index is 0.0692. The number of ether oxygens (including phenoxy) is 1. The highest BCUT2D eigenvalue weighted by Crippen LogP contribution is 2.30. The second kappa shape index (κ2) is 8.53. The van der Waals surface area contributed by atoms with E-state index in [4.69, 9.17) is 4.74 Å². The van der Waals surface area contributed by atoms with Crippen LogP contribution in [0.3, 0.4) is 0 Å². The maximum atomic E-state index is 13.1. The van der Waals surface area contributed by atoms with Gasteiger partial charge in [-0.3, -0.25) is 9.10 Å². The van der Waals surface area contributed by atoms with Gasteiger partial charge in [0.2, 0.25) is 5.91 Å². The van der Waals surface area contributed by atoms with Crippen molar-refractivity contribution in [1.82, 2.24) is 0 Å². The molecule has 138 valence electrons. The van der Waals surface area contributed by atoms with Gasteiger partial charge in [0.15, 0.2) is 0 Å². The van der Waals surface area contributed by atoms with E-state index < -0.39 is 10.0 Å². The minimum Gasteiger partial charge on any atom is -0.495 e. The molecule has 0 heterocycles. The minimum atomic E-state index is -3.79. The van der Waals surface area contributed by atoms with Gasteiger partial charge in [0, 0.05) is 6.54 Å². The van der Waals surface area contributed by atoms with Crippen LogP contribution >= 0.6 is 0 Å². The second-order valence-electron chi connectivity index (χ2n) is 5.36. The Morgan fingerprint density at radius 2 is 1.88 bits per heavy atom. The molecule has 0 saturated carbocycles. The van der Waals surface area contributed by atoms with Crippen LogP contribution in [0.25, 0.3) is 0 Å². The van der Waals surface area contributed by atoms with Crippen molar-refractivity contribution >= 4 is 27.3 Å². The summed E-state index contributed by atoms with van der Waals surface area (Å²) < 4.78 is 32.7. The van der Waals surface area contributed by atoms with Gasteiger partial charge in [-0.25, -0.2) is 8.42 Å². The maximum Gasteiger partial charge on any atom is 0.264 e. The third-order valence-electron chi connectivity index (χ3n) is 3.67. The first-order chi connectivity index (χ1) is 12.4. The van der Waals surface area contributed by atoms with Gasteiger partial charge in [-0.1, -0.05) is 24.3 Å². The third-order valence-corrected chi connectivity index (χ3v) is 5.57. The summed E-state index contributed by atoms with van der Waals surface area (Å²) in [4.78, 5) is 11.9. The van der Waals surface area contributed by atoms with Crippen molar-refractivity contribution < 1.29 is 17.9 Å². The van der Waals surface area contributed by atoms with E-state index in [2.05, 4.69) is 5.32 Å². The number of nitrogens with zero attached hydrogens (tertiary/aromatic N) is 1. The van der Waals surface area contributed by atoms with Gasteiger partial charge in [0.25, 0.3) is 10.0 Å². The van der Waals surface area contributed by atoms with E-state index >= 15 is 0 Å². The largest absolute Gasteiger partial charge is 0.495 e. The van der Waals surface area contributed by atoms with E-state index in [-0.39, 0.29) is 17.3 Å². The highest BCUT2D eigenvalue weighted by Gasteiger charge is 2.24. The second-order valence-corrected chi connectivity index (χ2v) is 7.22. The molecule has 1 N–H and O–H groups in total. The zero-order chi connectivity index (χ0) is 19.2. The van der Waals surface area contributed by atoms with Gasteiger partial charge in [-0.2, -0.15) is 0 Å². The lowest BCUT2D eigenvalue weighted by Crippen LogP contribution is -2.30. The summed E-state index contributed by atoms with van der Waals surface area (Å²) in [5.41, 5.74) is 0.867. The average Bonchev–Trinajstić information content (AvgIpc) is 2.63. The van der Waals surface area contributed by atoms with Crippen LogP contribution in [0.4, 0.5) is 11.4 Å². The fourth-order valence-electron chi connectivity index (χ4n) is 2.48. The number of para-hydroxylation sites is 1. The number of hydrogen-bond donors (Lipinski definition) is 1. The Hall–Kier alpha value is -2.80. The van der Waals surface area contributed by atoms with Crippen LogP contribution in [0.5, 0.6) is 5.75 Å². The summed E-state index contributed by atoms with van der Waals surface area (Å²) in [5, 5.41) is 2.64. The van der Waals surface area contributed by atoms with Crippen LogP contribution in [0.1, 0.15) is 13.8 Å². The first-order valence-corrected chi connectivity index (χ1v) is 9.57. The average molecular weight is 374 g/mol. The number of anilines is 2. The summed E-state index contributed by atoms with van der Waals surface area (Å²) in [7, 11) is -2.34. The molecule has 0 spiro atoms. The van der Waals surface area contributed by atoms with Crippen molar-refractivity contribution in [2.75, 3.05) is 23.3 Å². The Morgan fingerprint density at radius 1 is 1.19 bits per heavy atom. The predicted octanol–water partition coefficient (Wildman–Crippen LogP) is 3.43. The van der Waals surface area contributed by atoms with Gasteiger partial charge in [-0.15, -0.1) is 0 Å². The van der Waals surface area contributed by atoms with E-state index in [9.17, 15) is 13.2 Å². The van der Waals surface area contributed by atoms with E-state index in [1.807, 2.05) is 6.07 Å². The van der Waals surface area contributed by atoms with Crippen LogP contribution in [-0.2, 0) is 14.8 Å². The molecule has 6 nitrogen and oxygen atoms in total. The molecule has 0 radical (unpaired) electrons. The zero-order valence-electron chi connectivity index (χ0n) is 15.0. The fraction of sp³-hybridized carbons (Fsp3) is 0.211. The Bertz CT molecular complexity index is 893. The Kier molecular flexibility index (Phi) is 6.41. The van der Waals surface area contributed by atoms with Crippen LogP contribution in [0, 0.1) is 0 Å². The number of amides is 1. The summed E-state index contributed by atoms with van der Waals surface area (Å²) >= 11 is 0. The number of benzene rings is 2. The summed E-state index contributed by atoms with van der Waals surface area (Å²) in [6.45, 7) is 3.76. The molecule has 7 heteroatoms. The maximum absolute atomic E-state index is 13.1. The molecule has 0 bridgehead atoms. The molecule has 0 aliphatic carbocycles. The Balaban J connectivity index is 2.47. The molecule has 26 heavy (non-hydrogen) atoms. The zero-order valence-corrected chi connectivity index (χ0v) is 15.8. The van der Waals surface area contributed by atoms with Crippen molar-refractivity contribution in [2.24, 2.45) is 0 Å². The highest BCUT2D eigenvalue weighted by atomic mass is 32.2. The molecular weight excluding hydrogens is 352 g/mol. The van der Waals surface area contributed by atoms with Crippen molar-refractivity contribution in [1.29, 1.82) is 0 Å². The summed E-state index contributed by atoms with van der Waals surface area (Å²) in [5.74, 6) is 0.0142. The fourth-order valence-corrected chi connectivity index (χ4v) is 3.98. The lowest BCUT2D eigenvalue weighted by atomic mass is 10.3. The third kappa shape index (κ3) is 4.23. The highest BCUT2D eigenvalue weighted by molar-refractivity contribution is 7.92. The molecule has 1 amide bonds. The number of carbonyl (C=O) groups excluding carboxylic acids is 1. The van der Waals surface area contributed by atoms with Crippen LogP contribution in [-0.4, -0.2) is 28.0 Å². The molecule has 0 aliphatic rings.